The number of fused-ring (bicyclic) bond motifs is 2. The van der Waals surface area contributed by atoms with Gasteiger partial charge in [-0.15, -0.1) is 0 Å². The number of thioether (sulfide) groups is 1. The van der Waals surface area contributed by atoms with Crippen LogP contribution in [-0.4, -0.2) is 9.97 Å². The molecular formula is C18H12N2O2S. The van der Waals surface area contributed by atoms with Crippen molar-refractivity contribution in [1.29, 1.82) is 0 Å². The molecule has 4 rings (SSSR count). The van der Waals surface area contributed by atoms with Gasteiger partial charge in [0, 0.05) is 17.3 Å². The first-order valence-electron chi connectivity index (χ1n) is 7.16. The van der Waals surface area contributed by atoms with E-state index in [0.717, 1.165) is 16.5 Å². The highest BCUT2D eigenvalue weighted by Crippen LogP contribution is 2.25. The second kappa shape index (κ2) is 5.85. The summed E-state index contributed by atoms with van der Waals surface area (Å²) >= 11 is 1.40. The predicted molar refractivity (Wildman–Crippen MR) is 91.6 cm³/mol. The maximum atomic E-state index is 12.0. The molecule has 0 aliphatic carbocycles. The first-order chi connectivity index (χ1) is 11.3. The predicted octanol–water partition coefficient (Wildman–Crippen LogP) is 4.03. The first kappa shape index (κ1) is 14.0. The lowest BCUT2D eigenvalue weighted by Gasteiger charge is -2.05. The van der Waals surface area contributed by atoms with Crippen LogP contribution in [0.5, 0.6) is 0 Å². The topological polar surface area (TPSA) is 56.0 Å². The fourth-order valence-electron chi connectivity index (χ4n) is 2.48. The third kappa shape index (κ3) is 2.71. The van der Waals surface area contributed by atoms with E-state index in [9.17, 15) is 4.79 Å². The second-order valence-corrected chi connectivity index (χ2v) is 5.99. The van der Waals surface area contributed by atoms with E-state index in [0.29, 0.717) is 21.9 Å². The van der Waals surface area contributed by atoms with Crippen molar-refractivity contribution in [1.82, 2.24) is 9.97 Å². The van der Waals surface area contributed by atoms with Crippen LogP contribution < -0.4 is 5.63 Å². The lowest BCUT2D eigenvalue weighted by molar-refractivity contribution is 0.401. The van der Waals surface area contributed by atoms with Gasteiger partial charge >= 0.3 is 5.63 Å². The summed E-state index contributed by atoms with van der Waals surface area (Å²) in [7, 11) is 0. The van der Waals surface area contributed by atoms with Gasteiger partial charge in [-0.3, -0.25) is 4.98 Å². The van der Waals surface area contributed by atoms with Gasteiger partial charge < -0.3 is 4.42 Å². The molecule has 0 aliphatic heterocycles. The van der Waals surface area contributed by atoms with Crippen molar-refractivity contribution in [2.45, 2.75) is 11.0 Å². The largest absolute Gasteiger partial charge is 0.397 e. The van der Waals surface area contributed by atoms with Gasteiger partial charge in [0.2, 0.25) is 0 Å². The molecule has 0 amide bonds. The van der Waals surface area contributed by atoms with Crippen molar-refractivity contribution in [2.24, 2.45) is 0 Å². The van der Waals surface area contributed by atoms with Crippen LogP contribution in [0.4, 0.5) is 0 Å². The van der Waals surface area contributed by atoms with Gasteiger partial charge in [-0.2, -0.15) is 0 Å². The molecule has 4 aromatic rings. The van der Waals surface area contributed by atoms with E-state index >= 15 is 0 Å². The lowest BCUT2D eigenvalue weighted by Crippen LogP contribution is -2.02. The molecule has 2 heterocycles. The van der Waals surface area contributed by atoms with Crippen molar-refractivity contribution in [2.75, 3.05) is 0 Å². The third-order valence-electron chi connectivity index (χ3n) is 3.58. The smallest absolute Gasteiger partial charge is 0.347 e. The molecule has 0 N–H and O–H groups in total. The number of hydrogen-bond acceptors (Lipinski definition) is 5. The average molecular weight is 320 g/mol. The molecule has 0 unspecified atom stereocenters. The van der Waals surface area contributed by atoms with Crippen molar-refractivity contribution in [3.8, 4) is 0 Å². The number of benzene rings is 2. The monoisotopic (exact) mass is 320 g/mol. The van der Waals surface area contributed by atoms with E-state index in [1.54, 1.807) is 18.3 Å². The van der Waals surface area contributed by atoms with Crippen LogP contribution in [0.1, 0.15) is 5.56 Å². The van der Waals surface area contributed by atoms with Crippen LogP contribution in [0, 0.1) is 0 Å². The molecule has 0 spiro atoms. The number of pyridine rings is 1. The molecule has 0 atom stereocenters. The van der Waals surface area contributed by atoms with E-state index in [-0.39, 0.29) is 5.63 Å². The summed E-state index contributed by atoms with van der Waals surface area (Å²) in [4.78, 5) is 20.8. The van der Waals surface area contributed by atoms with Crippen molar-refractivity contribution in [3.05, 3.63) is 76.8 Å². The summed E-state index contributed by atoms with van der Waals surface area (Å²) in [6.07, 6.45) is 1.78. The fourth-order valence-corrected chi connectivity index (χ4v) is 3.29. The number of aromatic nitrogens is 2. The van der Waals surface area contributed by atoms with Gasteiger partial charge in [0.25, 0.3) is 5.22 Å². The molecule has 2 aromatic heterocycles. The lowest BCUT2D eigenvalue weighted by atomic mass is 10.1. The molecule has 0 aliphatic rings. The average Bonchev–Trinajstić information content (AvgIpc) is 2.60. The number of hydrogen-bond donors (Lipinski definition) is 0. The Morgan fingerprint density at radius 1 is 1.00 bits per heavy atom. The number of rotatable bonds is 3. The van der Waals surface area contributed by atoms with E-state index in [1.165, 1.54) is 11.8 Å². The van der Waals surface area contributed by atoms with Crippen molar-refractivity contribution in [3.63, 3.8) is 0 Å². The van der Waals surface area contributed by atoms with Crippen molar-refractivity contribution < 1.29 is 4.42 Å². The first-order valence-corrected chi connectivity index (χ1v) is 8.15. The Hall–Kier alpha value is -2.66. The van der Waals surface area contributed by atoms with Gasteiger partial charge in [0.1, 0.15) is 0 Å². The maximum Gasteiger partial charge on any atom is 0.347 e. The molecule has 0 saturated carbocycles. The summed E-state index contributed by atoms with van der Waals surface area (Å²) in [6, 6.07) is 17.2. The summed E-state index contributed by atoms with van der Waals surface area (Å²) in [5.41, 5.74) is 2.35. The molecule has 23 heavy (non-hydrogen) atoms. The van der Waals surface area contributed by atoms with E-state index < -0.39 is 0 Å². The minimum atomic E-state index is -0.353. The zero-order valence-electron chi connectivity index (χ0n) is 12.1. The molecule has 4 nitrogen and oxygen atoms in total. The number of para-hydroxylation sites is 2. The third-order valence-corrected chi connectivity index (χ3v) is 4.46. The highest BCUT2D eigenvalue weighted by molar-refractivity contribution is 7.98. The van der Waals surface area contributed by atoms with E-state index in [2.05, 4.69) is 9.97 Å². The van der Waals surface area contributed by atoms with Crippen LogP contribution >= 0.6 is 11.8 Å². The Labute approximate surface area is 136 Å². The molecule has 0 fully saturated rings. The van der Waals surface area contributed by atoms with Gasteiger partial charge in [-0.1, -0.05) is 48.2 Å². The molecule has 2 aromatic carbocycles. The van der Waals surface area contributed by atoms with Gasteiger partial charge in [-0.25, -0.2) is 9.78 Å². The SMILES string of the molecule is O=c1oc(SCc2cccc3cccnc23)nc2ccccc12. The Morgan fingerprint density at radius 3 is 2.83 bits per heavy atom. The fraction of sp³-hybridized carbons (Fsp3) is 0.0556. The molecule has 0 radical (unpaired) electrons. The summed E-state index contributed by atoms with van der Waals surface area (Å²) < 4.78 is 5.30. The number of nitrogens with zero attached hydrogens (tertiary/aromatic N) is 2. The van der Waals surface area contributed by atoms with Gasteiger partial charge in [0.15, 0.2) is 0 Å². The Morgan fingerprint density at radius 2 is 1.87 bits per heavy atom. The van der Waals surface area contributed by atoms with Crippen LogP contribution in [-0.2, 0) is 5.75 Å². The highest BCUT2D eigenvalue weighted by atomic mass is 32.2. The minimum Gasteiger partial charge on any atom is -0.397 e. The zero-order chi connectivity index (χ0) is 15.6. The molecular weight excluding hydrogens is 308 g/mol. The summed E-state index contributed by atoms with van der Waals surface area (Å²) in [5, 5.41) is 1.98. The quantitative estimate of drug-likeness (QED) is 0.533. The molecule has 112 valence electrons. The zero-order valence-corrected chi connectivity index (χ0v) is 12.9. The highest BCUT2D eigenvalue weighted by Gasteiger charge is 2.08. The Bertz CT molecular complexity index is 1050. The Balaban J connectivity index is 1.67. The second-order valence-electron chi connectivity index (χ2n) is 5.07. The Kier molecular flexibility index (Phi) is 3.55. The van der Waals surface area contributed by atoms with Gasteiger partial charge in [0.05, 0.1) is 16.4 Å². The van der Waals surface area contributed by atoms with Crippen LogP contribution in [0.15, 0.2) is 75.2 Å². The summed E-state index contributed by atoms with van der Waals surface area (Å²) in [5.74, 6) is 0.642. The van der Waals surface area contributed by atoms with E-state index in [1.807, 2.05) is 42.5 Å². The van der Waals surface area contributed by atoms with Crippen LogP contribution in [0.2, 0.25) is 0 Å². The molecule has 0 saturated heterocycles. The minimum absolute atomic E-state index is 0.353. The van der Waals surface area contributed by atoms with E-state index in [4.69, 9.17) is 4.42 Å². The van der Waals surface area contributed by atoms with Crippen molar-refractivity contribution >= 4 is 33.6 Å². The van der Waals surface area contributed by atoms with Crippen LogP contribution in [0.25, 0.3) is 21.8 Å². The molecule has 0 bridgehead atoms. The molecule has 5 heteroatoms. The summed E-state index contributed by atoms with van der Waals surface area (Å²) in [6.45, 7) is 0. The van der Waals surface area contributed by atoms with Crippen LogP contribution in [0.3, 0.4) is 0 Å². The maximum absolute atomic E-state index is 12.0. The van der Waals surface area contributed by atoms with Gasteiger partial charge in [-0.05, 0) is 23.8 Å². The normalized spacial score (nSPS) is 11.1. The standard InChI is InChI=1S/C18H12N2O2S/c21-17-14-8-1-2-9-15(14)20-18(22-17)23-11-13-6-3-5-12-7-4-10-19-16(12)13/h1-10H,11H2.